The van der Waals surface area contributed by atoms with Crippen LogP contribution < -0.4 is 0 Å². The monoisotopic (exact) mass is 293 g/mol. The van der Waals surface area contributed by atoms with E-state index in [9.17, 15) is 4.79 Å². The number of imidazole rings is 1. The number of carbonyl (C=O) groups is 1. The van der Waals surface area contributed by atoms with Crippen molar-refractivity contribution >= 4 is 23.5 Å². The van der Waals surface area contributed by atoms with E-state index in [1.165, 1.54) is 7.11 Å². The Bertz CT molecular complexity index is 624. The molecule has 0 saturated heterocycles. The van der Waals surface area contributed by atoms with E-state index in [0.717, 1.165) is 34.4 Å². The first-order valence-corrected chi connectivity index (χ1v) is 7.64. The van der Waals surface area contributed by atoms with Gasteiger partial charge in [-0.1, -0.05) is 6.92 Å². The van der Waals surface area contributed by atoms with Crippen molar-refractivity contribution in [2.75, 3.05) is 12.9 Å². The van der Waals surface area contributed by atoms with E-state index in [1.807, 2.05) is 37.4 Å². The zero-order valence-corrected chi connectivity index (χ0v) is 13.0. The largest absolute Gasteiger partial charge is 0.469 e. The molecule has 108 valence electrons. The Morgan fingerprint density at radius 1 is 1.45 bits per heavy atom. The van der Waals surface area contributed by atoms with Gasteiger partial charge in [-0.15, -0.1) is 0 Å². The van der Waals surface area contributed by atoms with Crippen LogP contribution in [0.4, 0.5) is 0 Å². The van der Waals surface area contributed by atoms with Crippen LogP contribution in [0.25, 0.3) is 5.78 Å². The van der Waals surface area contributed by atoms with Crippen molar-refractivity contribution in [2.45, 2.75) is 26.5 Å². The molecule has 0 aliphatic heterocycles. The summed E-state index contributed by atoms with van der Waals surface area (Å²) in [6, 6.07) is 2.03. The summed E-state index contributed by atoms with van der Waals surface area (Å²) in [5, 5.41) is 0. The third kappa shape index (κ3) is 3.30. The molecule has 0 fully saturated rings. The van der Waals surface area contributed by atoms with Crippen LogP contribution in [0.2, 0.25) is 0 Å². The average Bonchev–Trinajstić information content (AvgIpc) is 2.80. The van der Waals surface area contributed by atoms with Crippen LogP contribution in [0.5, 0.6) is 0 Å². The maximum atomic E-state index is 11.3. The van der Waals surface area contributed by atoms with Gasteiger partial charge in [-0.3, -0.25) is 9.20 Å². The summed E-state index contributed by atoms with van der Waals surface area (Å²) in [4.78, 5) is 20.2. The molecule has 1 atom stereocenters. The van der Waals surface area contributed by atoms with Gasteiger partial charge in [0.25, 0.3) is 0 Å². The highest BCUT2D eigenvalue weighted by atomic mass is 32.2. The molecule has 0 aliphatic carbocycles. The number of nitrogens with zero attached hydrogens (tertiary/aromatic N) is 3. The molecule has 0 bridgehead atoms. The van der Waals surface area contributed by atoms with Gasteiger partial charge in [0.1, 0.15) is 0 Å². The standard InChI is InChI=1S/C14H19N3O2S/c1-9(13(18)19-4)7-20-8-12-6-17-11(3)5-10(2)15-14(17)16-12/h5-6,9H,7-8H2,1-4H3. The third-order valence-corrected chi connectivity index (χ3v) is 4.27. The summed E-state index contributed by atoms with van der Waals surface area (Å²) >= 11 is 1.68. The molecule has 5 nitrogen and oxygen atoms in total. The molecule has 1 unspecified atom stereocenters. The molecule has 0 amide bonds. The molecular weight excluding hydrogens is 274 g/mol. The van der Waals surface area contributed by atoms with Crippen LogP contribution in [0.1, 0.15) is 24.0 Å². The smallest absolute Gasteiger partial charge is 0.309 e. The van der Waals surface area contributed by atoms with Crippen molar-refractivity contribution in [1.82, 2.24) is 14.4 Å². The van der Waals surface area contributed by atoms with Gasteiger partial charge in [0.05, 0.1) is 18.7 Å². The van der Waals surface area contributed by atoms with Crippen molar-refractivity contribution in [1.29, 1.82) is 0 Å². The number of rotatable bonds is 5. The number of ether oxygens (including phenoxy) is 1. The second-order valence-electron chi connectivity index (χ2n) is 4.88. The molecule has 0 aliphatic rings. The maximum absolute atomic E-state index is 11.3. The maximum Gasteiger partial charge on any atom is 0.309 e. The summed E-state index contributed by atoms with van der Waals surface area (Å²) in [6.45, 7) is 5.88. The molecule has 20 heavy (non-hydrogen) atoms. The van der Waals surface area contributed by atoms with Gasteiger partial charge < -0.3 is 4.74 Å². The van der Waals surface area contributed by atoms with Crippen LogP contribution in [-0.2, 0) is 15.3 Å². The number of carbonyl (C=O) groups excluding carboxylic acids is 1. The molecule has 0 aromatic carbocycles. The molecule has 0 radical (unpaired) electrons. The molecule has 2 rings (SSSR count). The lowest BCUT2D eigenvalue weighted by Gasteiger charge is -2.07. The molecule has 0 N–H and O–H groups in total. The highest BCUT2D eigenvalue weighted by molar-refractivity contribution is 7.98. The van der Waals surface area contributed by atoms with Gasteiger partial charge >= 0.3 is 5.97 Å². The predicted molar refractivity (Wildman–Crippen MR) is 79.8 cm³/mol. The highest BCUT2D eigenvalue weighted by Gasteiger charge is 2.13. The van der Waals surface area contributed by atoms with Crippen LogP contribution in [0, 0.1) is 19.8 Å². The Kier molecular flexibility index (Phi) is 4.65. The first-order chi connectivity index (χ1) is 9.51. The fraction of sp³-hybridized carbons (Fsp3) is 0.500. The van der Waals surface area contributed by atoms with Crippen LogP contribution in [0.15, 0.2) is 12.3 Å². The molecule has 0 saturated carbocycles. The van der Waals surface area contributed by atoms with Crippen molar-refractivity contribution in [3.8, 4) is 0 Å². The van der Waals surface area contributed by atoms with Crippen LogP contribution in [0.3, 0.4) is 0 Å². The minimum absolute atomic E-state index is 0.0934. The van der Waals surface area contributed by atoms with Gasteiger partial charge in [0.2, 0.25) is 5.78 Å². The highest BCUT2D eigenvalue weighted by Crippen LogP contribution is 2.17. The fourth-order valence-electron chi connectivity index (χ4n) is 2.00. The number of hydrogen-bond acceptors (Lipinski definition) is 5. The van der Waals surface area contributed by atoms with Crippen LogP contribution in [-0.4, -0.2) is 33.2 Å². The van der Waals surface area contributed by atoms with Gasteiger partial charge in [0, 0.05) is 29.1 Å². The zero-order chi connectivity index (χ0) is 14.7. The van der Waals surface area contributed by atoms with Crippen molar-refractivity contribution in [3.63, 3.8) is 0 Å². The lowest BCUT2D eigenvalue weighted by atomic mass is 10.2. The Hall–Kier alpha value is -1.56. The van der Waals surface area contributed by atoms with Crippen LogP contribution >= 0.6 is 11.8 Å². The van der Waals surface area contributed by atoms with E-state index >= 15 is 0 Å². The van der Waals surface area contributed by atoms with E-state index in [-0.39, 0.29) is 11.9 Å². The van der Waals surface area contributed by atoms with E-state index in [2.05, 4.69) is 9.97 Å². The minimum atomic E-state index is -0.166. The Labute approximate surface area is 122 Å². The summed E-state index contributed by atoms with van der Waals surface area (Å²) in [5.41, 5.74) is 3.08. The normalized spacial score (nSPS) is 12.6. The van der Waals surface area contributed by atoms with E-state index in [4.69, 9.17) is 4.74 Å². The quantitative estimate of drug-likeness (QED) is 0.792. The van der Waals surface area contributed by atoms with Gasteiger partial charge in [-0.05, 0) is 19.9 Å². The minimum Gasteiger partial charge on any atom is -0.469 e. The van der Waals surface area contributed by atoms with E-state index in [1.54, 1.807) is 11.8 Å². The summed E-state index contributed by atoms with van der Waals surface area (Å²) in [5.74, 6) is 1.97. The molecular formula is C14H19N3O2S. The van der Waals surface area contributed by atoms with Gasteiger partial charge in [0.15, 0.2) is 0 Å². The number of aromatic nitrogens is 3. The lowest BCUT2D eigenvalue weighted by Crippen LogP contribution is -2.14. The molecule has 6 heteroatoms. The molecule has 0 spiro atoms. The van der Waals surface area contributed by atoms with Crippen molar-refractivity contribution in [3.05, 3.63) is 29.3 Å². The number of esters is 1. The van der Waals surface area contributed by atoms with E-state index < -0.39 is 0 Å². The first-order valence-electron chi connectivity index (χ1n) is 6.49. The number of thioether (sulfide) groups is 1. The topological polar surface area (TPSA) is 56.5 Å². The molecule has 2 heterocycles. The average molecular weight is 293 g/mol. The summed E-state index contributed by atoms with van der Waals surface area (Å²) in [7, 11) is 1.42. The lowest BCUT2D eigenvalue weighted by molar-refractivity contribution is -0.143. The SMILES string of the molecule is COC(=O)C(C)CSCc1cn2c(C)cc(C)nc2n1. The summed E-state index contributed by atoms with van der Waals surface area (Å²) in [6.07, 6.45) is 2.01. The summed E-state index contributed by atoms with van der Waals surface area (Å²) < 4.78 is 6.70. The Morgan fingerprint density at radius 2 is 2.20 bits per heavy atom. The van der Waals surface area contributed by atoms with Crippen molar-refractivity contribution in [2.24, 2.45) is 5.92 Å². The van der Waals surface area contributed by atoms with Gasteiger partial charge in [-0.25, -0.2) is 9.97 Å². The second-order valence-corrected chi connectivity index (χ2v) is 5.91. The molecule has 2 aromatic heterocycles. The zero-order valence-electron chi connectivity index (χ0n) is 12.2. The predicted octanol–water partition coefficient (Wildman–Crippen LogP) is 2.39. The number of hydrogen-bond donors (Lipinski definition) is 0. The van der Waals surface area contributed by atoms with E-state index in [0.29, 0.717) is 0 Å². The number of aryl methyl sites for hydroxylation is 2. The Morgan fingerprint density at radius 3 is 2.90 bits per heavy atom. The first kappa shape index (κ1) is 14.8. The molecule has 2 aromatic rings. The number of methoxy groups -OCH3 is 1. The number of fused-ring (bicyclic) bond motifs is 1. The second kappa shape index (κ2) is 6.26. The van der Waals surface area contributed by atoms with Gasteiger partial charge in [-0.2, -0.15) is 11.8 Å². The fourth-order valence-corrected chi connectivity index (χ4v) is 2.95. The Balaban J connectivity index is 2.00. The van der Waals surface area contributed by atoms with Crippen molar-refractivity contribution < 1.29 is 9.53 Å². The third-order valence-electron chi connectivity index (χ3n) is 3.03.